The maximum atomic E-state index is 14.8. The van der Waals surface area contributed by atoms with Crippen LogP contribution in [-0.4, -0.2) is 29.4 Å². The number of carboxylic acid groups (broad SMARTS) is 1. The highest BCUT2D eigenvalue weighted by Crippen LogP contribution is 2.45. The third-order valence-corrected chi connectivity index (χ3v) is 5.78. The van der Waals surface area contributed by atoms with Crippen LogP contribution in [0.4, 0.5) is 17.6 Å². The molecule has 0 unspecified atom stereocenters. The van der Waals surface area contributed by atoms with Gasteiger partial charge in [-0.05, 0) is 72.9 Å². The van der Waals surface area contributed by atoms with Gasteiger partial charge in [0, 0.05) is 11.1 Å². The minimum atomic E-state index is -4.89. The molecule has 6 nitrogen and oxygen atoms in total. The van der Waals surface area contributed by atoms with E-state index in [4.69, 9.17) is 16.3 Å². The molecule has 1 atom stereocenters. The molecule has 4 rings (SSSR count). The second kappa shape index (κ2) is 9.32. The van der Waals surface area contributed by atoms with Gasteiger partial charge in [-0.3, -0.25) is 4.79 Å². The predicted molar refractivity (Wildman–Crippen MR) is 112 cm³/mol. The van der Waals surface area contributed by atoms with E-state index in [9.17, 15) is 32.3 Å². The number of halogens is 5. The number of hydrogen-bond acceptors (Lipinski definition) is 4. The van der Waals surface area contributed by atoms with E-state index in [-0.39, 0.29) is 40.3 Å². The van der Waals surface area contributed by atoms with Gasteiger partial charge >= 0.3 is 12.3 Å². The Labute approximate surface area is 196 Å². The van der Waals surface area contributed by atoms with Crippen LogP contribution >= 0.6 is 11.6 Å². The highest BCUT2D eigenvalue weighted by Gasteiger charge is 2.38. The zero-order valence-corrected chi connectivity index (χ0v) is 18.4. The first kappa shape index (κ1) is 24.1. The molecule has 0 heterocycles. The van der Waals surface area contributed by atoms with Crippen LogP contribution in [-0.2, 0) is 11.4 Å². The molecule has 0 bridgehead atoms. The number of nitrogens with one attached hydrogen (secondary N) is 1. The molecule has 34 heavy (non-hydrogen) atoms. The number of alkyl halides is 3. The summed E-state index contributed by atoms with van der Waals surface area (Å²) in [4.78, 5) is 24.0. The molecule has 0 radical (unpaired) electrons. The van der Waals surface area contributed by atoms with Crippen molar-refractivity contribution in [3.8, 4) is 11.5 Å². The Bertz CT molecular complexity index is 1120. The summed E-state index contributed by atoms with van der Waals surface area (Å²) in [6, 6.07) is 4.81. The van der Waals surface area contributed by atoms with Gasteiger partial charge in [-0.2, -0.15) is 0 Å². The number of carbonyl (C=O) groups is 2. The Kier molecular flexibility index (Phi) is 6.62. The maximum Gasteiger partial charge on any atom is 0.573 e. The molecule has 182 valence electrons. The van der Waals surface area contributed by atoms with Crippen LogP contribution in [0.3, 0.4) is 0 Å². The summed E-state index contributed by atoms with van der Waals surface area (Å²) in [6.45, 7) is -0.220. The van der Waals surface area contributed by atoms with E-state index in [2.05, 4.69) is 10.1 Å². The quantitative estimate of drug-likeness (QED) is 0.448. The second-order valence-corrected chi connectivity index (χ2v) is 8.84. The SMILES string of the molecule is O=C(N[C@H](C(=O)O)C1CC1)c1cc(C2CC2)c(OCc2cc(Cl)cc(OC(F)(F)F)c2)cc1F. The molecule has 0 saturated heterocycles. The molecule has 11 heteroatoms. The van der Waals surface area contributed by atoms with Gasteiger partial charge in [0.25, 0.3) is 5.91 Å². The summed E-state index contributed by atoms with van der Waals surface area (Å²) in [6.07, 6.45) is -1.94. The summed E-state index contributed by atoms with van der Waals surface area (Å²) in [5.74, 6) is -3.40. The van der Waals surface area contributed by atoms with Crippen molar-refractivity contribution in [2.75, 3.05) is 0 Å². The third-order valence-electron chi connectivity index (χ3n) is 5.57. The second-order valence-electron chi connectivity index (χ2n) is 8.40. The van der Waals surface area contributed by atoms with Crippen molar-refractivity contribution in [2.45, 2.75) is 50.6 Å². The van der Waals surface area contributed by atoms with E-state index in [1.54, 1.807) is 0 Å². The standard InChI is InChI=1S/C23H20ClF4NO5/c24-14-5-11(6-15(7-14)34-23(26,27)28)10-33-19-9-18(25)17(8-16(19)12-1-2-12)21(30)29-20(22(31)32)13-3-4-13/h5-9,12-13,20H,1-4,10H2,(H,29,30)(H,31,32)/t20-/m0/s1. The van der Waals surface area contributed by atoms with Crippen LogP contribution in [0.1, 0.15) is 53.1 Å². The summed E-state index contributed by atoms with van der Waals surface area (Å²) < 4.78 is 62.0. The van der Waals surface area contributed by atoms with Crippen LogP contribution in [0.25, 0.3) is 0 Å². The molecule has 2 aromatic carbocycles. The number of benzene rings is 2. The number of carbonyl (C=O) groups excluding carboxylic acids is 1. The van der Waals surface area contributed by atoms with E-state index >= 15 is 0 Å². The van der Waals surface area contributed by atoms with Crippen LogP contribution in [0.15, 0.2) is 30.3 Å². The van der Waals surface area contributed by atoms with Crippen molar-refractivity contribution in [1.29, 1.82) is 0 Å². The number of hydrogen-bond donors (Lipinski definition) is 2. The van der Waals surface area contributed by atoms with Crippen molar-refractivity contribution >= 4 is 23.5 Å². The Hall–Kier alpha value is -3.01. The Balaban J connectivity index is 1.52. The van der Waals surface area contributed by atoms with E-state index in [1.807, 2.05) is 0 Å². The molecule has 1 amide bonds. The largest absolute Gasteiger partial charge is 0.573 e. The topological polar surface area (TPSA) is 84.9 Å². The number of rotatable bonds is 9. The first-order chi connectivity index (χ1) is 16.0. The minimum Gasteiger partial charge on any atom is -0.489 e. The van der Waals surface area contributed by atoms with E-state index in [1.165, 1.54) is 12.1 Å². The fraction of sp³-hybridized carbons (Fsp3) is 0.391. The van der Waals surface area contributed by atoms with E-state index < -0.39 is 35.8 Å². The smallest absolute Gasteiger partial charge is 0.489 e. The van der Waals surface area contributed by atoms with E-state index in [0.29, 0.717) is 18.4 Å². The van der Waals surface area contributed by atoms with Gasteiger partial charge in [-0.1, -0.05) is 11.6 Å². The summed E-state index contributed by atoms with van der Waals surface area (Å²) in [5.41, 5.74) is 0.549. The van der Waals surface area contributed by atoms with Crippen molar-refractivity contribution in [3.63, 3.8) is 0 Å². The highest BCUT2D eigenvalue weighted by atomic mass is 35.5. The number of aliphatic carboxylic acids is 1. The Morgan fingerprint density at radius 2 is 1.82 bits per heavy atom. The van der Waals surface area contributed by atoms with Crippen LogP contribution < -0.4 is 14.8 Å². The molecule has 2 aliphatic rings. The zero-order chi connectivity index (χ0) is 24.6. The Morgan fingerprint density at radius 1 is 1.12 bits per heavy atom. The average Bonchev–Trinajstić information content (AvgIpc) is 3.61. The first-order valence-corrected chi connectivity index (χ1v) is 10.9. The molecule has 2 aliphatic carbocycles. The summed E-state index contributed by atoms with van der Waals surface area (Å²) >= 11 is 5.87. The zero-order valence-electron chi connectivity index (χ0n) is 17.6. The van der Waals surface area contributed by atoms with Gasteiger partial charge in [0.1, 0.15) is 30.0 Å². The lowest BCUT2D eigenvalue weighted by Gasteiger charge is -2.17. The van der Waals surface area contributed by atoms with Gasteiger partial charge < -0.3 is 19.9 Å². The molecule has 2 aromatic rings. The van der Waals surface area contributed by atoms with Crippen LogP contribution in [0, 0.1) is 11.7 Å². The fourth-order valence-electron chi connectivity index (χ4n) is 3.67. The molecule has 0 aliphatic heterocycles. The Morgan fingerprint density at radius 3 is 2.41 bits per heavy atom. The average molecular weight is 502 g/mol. The summed E-state index contributed by atoms with van der Waals surface area (Å²) in [7, 11) is 0. The highest BCUT2D eigenvalue weighted by molar-refractivity contribution is 6.30. The summed E-state index contributed by atoms with van der Waals surface area (Å²) in [5, 5.41) is 11.7. The van der Waals surface area contributed by atoms with E-state index in [0.717, 1.165) is 31.0 Å². The van der Waals surface area contributed by atoms with Gasteiger partial charge in [-0.15, -0.1) is 13.2 Å². The molecule has 2 saturated carbocycles. The van der Waals surface area contributed by atoms with Crippen molar-refractivity contribution < 1.29 is 41.7 Å². The molecular weight excluding hydrogens is 482 g/mol. The normalized spacial score (nSPS) is 16.6. The molecule has 2 fully saturated rings. The number of amides is 1. The van der Waals surface area contributed by atoms with Gasteiger partial charge in [-0.25, -0.2) is 9.18 Å². The fourth-order valence-corrected chi connectivity index (χ4v) is 3.92. The lowest BCUT2D eigenvalue weighted by molar-refractivity contribution is -0.274. The van der Waals surface area contributed by atoms with Crippen LogP contribution in [0.2, 0.25) is 5.02 Å². The lowest BCUT2D eigenvalue weighted by Crippen LogP contribution is -2.42. The predicted octanol–water partition coefficient (Wildman–Crippen LogP) is 5.43. The lowest BCUT2D eigenvalue weighted by atomic mass is 10.0. The molecule has 0 aromatic heterocycles. The minimum absolute atomic E-state index is 0.00427. The third kappa shape index (κ3) is 6.11. The van der Waals surface area contributed by atoms with Gasteiger partial charge in [0.2, 0.25) is 0 Å². The van der Waals surface area contributed by atoms with Crippen LogP contribution in [0.5, 0.6) is 11.5 Å². The molecule has 0 spiro atoms. The maximum absolute atomic E-state index is 14.8. The van der Waals surface area contributed by atoms with Crippen molar-refractivity contribution in [1.82, 2.24) is 5.32 Å². The first-order valence-electron chi connectivity index (χ1n) is 10.6. The van der Waals surface area contributed by atoms with Gasteiger partial charge in [0.15, 0.2) is 0 Å². The van der Waals surface area contributed by atoms with Gasteiger partial charge in [0.05, 0.1) is 5.56 Å². The molecular formula is C23H20ClF4NO5. The van der Waals surface area contributed by atoms with Crippen molar-refractivity contribution in [2.24, 2.45) is 5.92 Å². The van der Waals surface area contributed by atoms with Crippen molar-refractivity contribution in [3.05, 3.63) is 57.9 Å². The monoisotopic (exact) mass is 501 g/mol. The number of ether oxygens (including phenoxy) is 2. The number of carboxylic acids is 1. The molecule has 2 N–H and O–H groups in total.